The first-order valence-electron chi connectivity index (χ1n) is 8.23. The first-order valence-corrected chi connectivity index (χ1v) is 9.21. The zero-order valence-corrected chi connectivity index (χ0v) is 14.3. The number of hydrogen-bond acceptors (Lipinski definition) is 7. The molecule has 7 nitrogen and oxygen atoms in total. The third-order valence-corrected chi connectivity index (χ3v) is 4.84. The quantitative estimate of drug-likeness (QED) is 0.578. The van der Waals surface area contributed by atoms with Crippen molar-refractivity contribution < 1.29 is 8.94 Å². The standard InChI is InChI=1S/C16H19N5O2S/c1-2-4-13-17-14(23-20-13)10-24-16-19-18-15(11-6-7-11)21(16)9-12-5-3-8-22-12/h3,5,8,11H,2,4,6-7,9-10H2,1H3. The van der Waals surface area contributed by atoms with E-state index >= 15 is 0 Å². The van der Waals surface area contributed by atoms with E-state index in [1.165, 1.54) is 12.8 Å². The van der Waals surface area contributed by atoms with Gasteiger partial charge in [-0.25, -0.2) is 0 Å². The lowest BCUT2D eigenvalue weighted by atomic mass is 10.3. The van der Waals surface area contributed by atoms with Crippen molar-refractivity contribution in [3.63, 3.8) is 0 Å². The van der Waals surface area contributed by atoms with Gasteiger partial charge in [0.05, 0.1) is 18.6 Å². The van der Waals surface area contributed by atoms with E-state index in [0.717, 1.165) is 35.4 Å². The van der Waals surface area contributed by atoms with Gasteiger partial charge in [-0.15, -0.1) is 10.2 Å². The maximum absolute atomic E-state index is 5.48. The van der Waals surface area contributed by atoms with E-state index in [1.54, 1.807) is 18.0 Å². The third-order valence-electron chi connectivity index (χ3n) is 3.89. The van der Waals surface area contributed by atoms with Gasteiger partial charge in [-0.05, 0) is 31.4 Å². The van der Waals surface area contributed by atoms with Crippen LogP contribution in [0.25, 0.3) is 0 Å². The maximum atomic E-state index is 5.48. The van der Waals surface area contributed by atoms with E-state index in [-0.39, 0.29) is 0 Å². The number of furan rings is 1. The molecule has 0 atom stereocenters. The number of aryl methyl sites for hydroxylation is 1. The Labute approximate surface area is 143 Å². The van der Waals surface area contributed by atoms with E-state index < -0.39 is 0 Å². The van der Waals surface area contributed by atoms with E-state index in [1.807, 2.05) is 12.1 Å². The van der Waals surface area contributed by atoms with Crippen molar-refractivity contribution in [1.82, 2.24) is 24.9 Å². The zero-order valence-electron chi connectivity index (χ0n) is 13.5. The second-order valence-electron chi connectivity index (χ2n) is 5.92. The van der Waals surface area contributed by atoms with Gasteiger partial charge in [-0.2, -0.15) is 4.98 Å². The molecule has 0 radical (unpaired) electrons. The maximum Gasteiger partial charge on any atom is 0.237 e. The lowest BCUT2D eigenvalue weighted by molar-refractivity contribution is 0.384. The molecule has 24 heavy (non-hydrogen) atoms. The van der Waals surface area contributed by atoms with E-state index in [0.29, 0.717) is 24.1 Å². The normalized spacial score (nSPS) is 14.4. The molecule has 0 bridgehead atoms. The van der Waals surface area contributed by atoms with Crippen LogP contribution in [0, 0.1) is 0 Å². The SMILES string of the molecule is CCCc1noc(CSc2nnc(C3CC3)n2Cc2ccco2)n1. The minimum Gasteiger partial charge on any atom is -0.467 e. The molecule has 0 amide bonds. The van der Waals surface area contributed by atoms with Crippen LogP contribution in [0.2, 0.25) is 0 Å². The first kappa shape index (κ1) is 15.4. The number of rotatable bonds is 8. The fraction of sp³-hybridized carbons (Fsp3) is 0.500. The monoisotopic (exact) mass is 345 g/mol. The highest BCUT2D eigenvalue weighted by molar-refractivity contribution is 7.98. The highest BCUT2D eigenvalue weighted by Crippen LogP contribution is 2.40. The summed E-state index contributed by atoms with van der Waals surface area (Å²) in [4.78, 5) is 4.40. The molecule has 1 fully saturated rings. The molecule has 0 saturated heterocycles. The Morgan fingerprint density at radius 2 is 2.25 bits per heavy atom. The van der Waals surface area contributed by atoms with Crippen molar-refractivity contribution >= 4 is 11.8 Å². The van der Waals surface area contributed by atoms with Crippen LogP contribution >= 0.6 is 11.8 Å². The Balaban J connectivity index is 1.49. The van der Waals surface area contributed by atoms with Gasteiger partial charge in [-0.1, -0.05) is 23.8 Å². The summed E-state index contributed by atoms with van der Waals surface area (Å²) in [6.07, 6.45) is 5.91. The van der Waals surface area contributed by atoms with E-state index in [2.05, 4.69) is 31.8 Å². The van der Waals surface area contributed by atoms with Crippen molar-refractivity contribution in [2.75, 3.05) is 0 Å². The summed E-state index contributed by atoms with van der Waals surface area (Å²) in [5.41, 5.74) is 0. The van der Waals surface area contributed by atoms with Crippen LogP contribution in [0.4, 0.5) is 0 Å². The van der Waals surface area contributed by atoms with Crippen molar-refractivity contribution in [2.45, 2.75) is 56.0 Å². The van der Waals surface area contributed by atoms with Crippen LogP contribution in [0.15, 0.2) is 32.5 Å². The Morgan fingerprint density at radius 1 is 1.33 bits per heavy atom. The lowest BCUT2D eigenvalue weighted by Crippen LogP contribution is -2.05. The summed E-state index contributed by atoms with van der Waals surface area (Å²) in [6.45, 7) is 2.75. The van der Waals surface area contributed by atoms with Gasteiger partial charge in [0.1, 0.15) is 11.6 Å². The van der Waals surface area contributed by atoms with Gasteiger partial charge in [0, 0.05) is 12.3 Å². The van der Waals surface area contributed by atoms with Crippen molar-refractivity contribution in [1.29, 1.82) is 0 Å². The first-order chi connectivity index (χ1) is 11.8. The number of aromatic nitrogens is 5. The summed E-state index contributed by atoms with van der Waals surface area (Å²) in [5, 5.41) is 13.6. The summed E-state index contributed by atoms with van der Waals surface area (Å²) in [7, 11) is 0. The molecule has 0 N–H and O–H groups in total. The highest BCUT2D eigenvalue weighted by atomic mass is 32.2. The lowest BCUT2D eigenvalue weighted by Gasteiger charge is -2.07. The highest BCUT2D eigenvalue weighted by Gasteiger charge is 2.30. The van der Waals surface area contributed by atoms with Crippen molar-refractivity contribution in [2.24, 2.45) is 0 Å². The molecule has 0 aliphatic heterocycles. The molecule has 1 aliphatic rings. The Hall–Kier alpha value is -2.09. The van der Waals surface area contributed by atoms with Crippen LogP contribution < -0.4 is 0 Å². The Kier molecular flexibility index (Phi) is 4.38. The fourth-order valence-corrected chi connectivity index (χ4v) is 3.34. The van der Waals surface area contributed by atoms with Gasteiger partial charge in [0.2, 0.25) is 5.89 Å². The second kappa shape index (κ2) is 6.80. The molecule has 126 valence electrons. The van der Waals surface area contributed by atoms with E-state index in [9.17, 15) is 0 Å². The minimum atomic E-state index is 0.529. The van der Waals surface area contributed by atoms with Crippen LogP contribution in [0.5, 0.6) is 0 Å². The zero-order chi connectivity index (χ0) is 16.4. The van der Waals surface area contributed by atoms with Crippen LogP contribution in [-0.4, -0.2) is 24.9 Å². The molecule has 0 aromatic carbocycles. The molecule has 8 heteroatoms. The van der Waals surface area contributed by atoms with Gasteiger partial charge < -0.3 is 8.94 Å². The molecule has 0 spiro atoms. The molecule has 1 aliphatic carbocycles. The molecule has 3 aromatic heterocycles. The topological polar surface area (TPSA) is 82.8 Å². The van der Waals surface area contributed by atoms with Crippen molar-refractivity contribution in [3.05, 3.63) is 41.7 Å². The summed E-state index contributed by atoms with van der Waals surface area (Å²) in [5.74, 6) is 4.47. The third kappa shape index (κ3) is 3.38. The Bertz CT molecular complexity index is 791. The molecule has 0 unspecified atom stereocenters. The number of hydrogen-bond donors (Lipinski definition) is 0. The minimum absolute atomic E-state index is 0.529. The molecule has 4 rings (SSSR count). The van der Waals surface area contributed by atoms with E-state index in [4.69, 9.17) is 8.94 Å². The predicted molar refractivity (Wildman–Crippen MR) is 87.7 cm³/mol. The van der Waals surface area contributed by atoms with Gasteiger partial charge in [-0.3, -0.25) is 4.57 Å². The summed E-state index contributed by atoms with van der Waals surface area (Å²) in [6, 6.07) is 3.87. The average molecular weight is 345 g/mol. The smallest absolute Gasteiger partial charge is 0.237 e. The molecule has 3 aromatic rings. The van der Waals surface area contributed by atoms with Gasteiger partial charge >= 0.3 is 0 Å². The molecular formula is C16H19N5O2S. The van der Waals surface area contributed by atoms with Crippen LogP contribution in [0.3, 0.4) is 0 Å². The molecular weight excluding hydrogens is 326 g/mol. The second-order valence-corrected chi connectivity index (χ2v) is 6.87. The summed E-state index contributed by atoms with van der Waals surface area (Å²) >= 11 is 1.57. The molecule has 3 heterocycles. The van der Waals surface area contributed by atoms with Gasteiger partial charge in [0.25, 0.3) is 0 Å². The predicted octanol–water partition coefficient (Wildman–Crippen LogP) is 3.42. The largest absolute Gasteiger partial charge is 0.467 e. The average Bonchev–Trinajstić information content (AvgIpc) is 3.00. The van der Waals surface area contributed by atoms with Crippen LogP contribution in [0.1, 0.15) is 55.4 Å². The molecule has 1 saturated carbocycles. The fourth-order valence-electron chi connectivity index (χ4n) is 2.56. The van der Waals surface area contributed by atoms with Crippen molar-refractivity contribution in [3.8, 4) is 0 Å². The summed E-state index contributed by atoms with van der Waals surface area (Å²) < 4.78 is 12.9. The van der Waals surface area contributed by atoms with Crippen LogP contribution in [-0.2, 0) is 18.7 Å². The number of nitrogens with zero attached hydrogens (tertiary/aromatic N) is 5. The number of thioether (sulfide) groups is 1. The Morgan fingerprint density at radius 3 is 3.00 bits per heavy atom. The van der Waals surface area contributed by atoms with Gasteiger partial charge in [0.15, 0.2) is 11.0 Å².